The van der Waals surface area contributed by atoms with E-state index in [0.29, 0.717) is 69.9 Å². The molecule has 326 valence electrons. The van der Waals surface area contributed by atoms with Crippen molar-refractivity contribution in [1.29, 1.82) is 0 Å². The van der Waals surface area contributed by atoms with Crippen LogP contribution >= 0.6 is 0 Å². The van der Waals surface area contributed by atoms with Crippen molar-refractivity contribution >= 4 is 29.0 Å². The van der Waals surface area contributed by atoms with Crippen molar-refractivity contribution in [3.05, 3.63) is 76.6 Å². The van der Waals surface area contributed by atoms with Gasteiger partial charge < -0.3 is 40.4 Å². The van der Waals surface area contributed by atoms with Gasteiger partial charge in [-0.05, 0) is 107 Å². The lowest BCUT2D eigenvalue weighted by atomic mass is 9.80. The number of anilines is 2. The highest BCUT2D eigenvalue weighted by atomic mass is 19.1. The molecule has 0 aromatic heterocycles. The van der Waals surface area contributed by atoms with Crippen LogP contribution in [0.2, 0.25) is 0 Å². The molecule has 2 aromatic rings. The minimum Gasteiger partial charge on any atom is -0.488 e. The van der Waals surface area contributed by atoms with Crippen molar-refractivity contribution in [2.75, 3.05) is 62.8 Å². The number of hydrogen-bond donors (Lipinski definition) is 4. The number of fused-ring (bicyclic) bond motifs is 2. The third kappa shape index (κ3) is 8.08. The number of likely N-dealkylation sites (tertiary alicyclic amines) is 2. The van der Waals surface area contributed by atoms with Crippen molar-refractivity contribution in [2.45, 2.75) is 107 Å². The van der Waals surface area contributed by atoms with Crippen LogP contribution in [0.5, 0.6) is 5.75 Å². The lowest BCUT2D eigenvalue weighted by Gasteiger charge is -2.42. The molecular weight excluding hydrogens is 784 g/mol. The van der Waals surface area contributed by atoms with Crippen LogP contribution in [0.15, 0.2) is 53.3 Å². The van der Waals surface area contributed by atoms with E-state index >= 15 is 13.2 Å². The SMILES string of the molecule is C=C1NC(=O)CCC1N1Cc2c(cc(F)c(N3CCC(CC4(F)CCN(CC5CCN(C6=NCNC(C7NNc8ccc(OC9(C)CC9)cc87)=C6)CC5)CC4)CC3)c2F)C1=O. The van der Waals surface area contributed by atoms with Gasteiger partial charge in [-0.3, -0.25) is 9.59 Å². The van der Waals surface area contributed by atoms with E-state index in [1.54, 1.807) is 4.90 Å². The monoisotopic (exact) mass is 841 g/mol. The van der Waals surface area contributed by atoms with Crippen LogP contribution in [0.4, 0.5) is 24.5 Å². The van der Waals surface area contributed by atoms with Crippen molar-refractivity contribution < 1.29 is 27.5 Å². The van der Waals surface area contributed by atoms with E-state index in [0.717, 1.165) is 87.4 Å². The van der Waals surface area contributed by atoms with Crippen LogP contribution in [0, 0.1) is 23.5 Å². The number of ether oxygens (including phenoxy) is 1. The minimum atomic E-state index is -1.23. The number of amidine groups is 1. The quantitative estimate of drug-likeness (QED) is 0.232. The van der Waals surface area contributed by atoms with Crippen LogP contribution in [-0.2, 0) is 11.3 Å². The first kappa shape index (κ1) is 40.3. The standard InChI is InChI=1S/C46H58F3N9O3/c1-28-38(5-6-40(59)52-28)58-26-34-32(44(58)60)22-35(47)43(41(34)48)57-17-7-29(8-18-57)24-46(49)13-19-55(20-14-46)25-30-9-15-56(16-10-30)39-23-37(50-27-51-39)42-33-21-31(61-45(2)11-12-45)3-4-36(33)53-54-42/h3-4,21-23,29-30,38,42,50,53-54H,1,5-20,24-27H2,2H3,(H,52,59). The third-order valence-electron chi connectivity index (χ3n) is 14.8. The average molecular weight is 842 g/mol. The lowest BCUT2D eigenvalue weighted by Crippen LogP contribution is -2.47. The molecule has 0 radical (unpaired) electrons. The molecule has 10 rings (SSSR count). The molecule has 61 heavy (non-hydrogen) atoms. The van der Waals surface area contributed by atoms with Crippen molar-refractivity contribution in [3.63, 3.8) is 0 Å². The summed E-state index contributed by atoms with van der Waals surface area (Å²) in [7, 11) is 0. The largest absolute Gasteiger partial charge is 0.488 e. The second kappa shape index (κ2) is 15.9. The Kier molecular flexibility index (Phi) is 10.5. The van der Waals surface area contributed by atoms with Gasteiger partial charge in [0.05, 0.1) is 29.9 Å². The van der Waals surface area contributed by atoms with E-state index in [2.05, 4.69) is 63.0 Å². The number of hydrazine groups is 1. The summed E-state index contributed by atoms with van der Waals surface area (Å²) in [6, 6.07) is 6.94. The number of halogens is 3. The first-order chi connectivity index (χ1) is 29.4. The maximum atomic E-state index is 16.4. The topological polar surface area (TPSA) is 117 Å². The Bertz CT molecular complexity index is 2150. The molecule has 5 fully saturated rings. The number of carbonyl (C=O) groups excluding carboxylic acids is 2. The highest BCUT2D eigenvalue weighted by Gasteiger charge is 2.43. The average Bonchev–Trinajstić information content (AvgIpc) is 3.67. The molecule has 4 N–H and O–H groups in total. The number of benzene rings is 2. The second-order valence-corrected chi connectivity index (χ2v) is 19.1. The number of alkyl halides is 1. The van der Waals surface area contributed by atoms with Gasteiger partial charge in [0.2, 0.25) is 5.91 Å². The van der Waals surface area contributed by atoms with Crippen molar-refractivity contribution in [3.8, 4) is 5.75 Å². The van der Waals surface area contributed by atoms with Gasteiger partial charge in [0.25, 0.3) is 5.91 Å². The molecule has 2 aromatic carbocycles. The fraction of sp³-hybridized carbons (Fsp3) is 0.587. The van der Waals surface area contributed by atoms with Gasteiger partial charge in [-0.1, -0.05) is 6.58 Å². The van der Waals surface area contributed by atoms with Crippen molar-refractivity contribution in [1.82, 2.24) is 30.8 Å². The first-order valence-corrected chi connectivity index (χ1v) is 22.5. The first-order valence-electron chi connectivity index (χ1n) is 22.5. The molecule has 7 heterocycles. The molecule has 0 spiro atoms. The molecule has 12 nitrogen and oxygen atoms in total. The Morgan fingerprint density at radius 3 is 2.41 bits per heavy atom. The molecule has 15 heteroatoms. The molecule has 4 saturated heterocycles. The predicted molar refractivity (Wildman–Crippen MR) is 228 cm³/mol. The summed E-state index contributed by atoms with van der Waals surface area (Å²) < 4.78 is 54.2. The van der Waals surface area contributed by atoms with E-state index in [4.69, 9.17) is 9.73 Å². The Morgan fingerprint density at radius 2 is 1.67 bits per heavy atom. The van der Waals surface area contributed by atoms with Crippen molar-refractivity contribution in [2.24, 2.45) is 16.8 Å². The molecule has 8 aliphatic rings. The minimum absolute atomic E-state index is 0.0000203. The highest BCUT2D eigenvalue weighted by Crippen LogP contribution is 2.43. The molecule has 2 unspecified atom stereocenters. The number of amides is 2. The molecule has 2 amide bonds. The van der Waals surface area contributed by atoms with Crippen LogP contribution in [0.3, 0.4) is 0 Å². The number of nitrogens with zero attached hydrogens (tertiary/aromatic N) is 5. The number of carbonyl (C=O) groups is 2. The normalized spacial score (nSPS) is 26.6. The Labute approximate surface area is 356 Å². The summed E-state index contributed by atoms with van der Waals surface area (Å²) in [5.41, 5.74) is 9.34. The predicted octanol–water partition coefficient (Wildman–Crippen LogP) is 6.28. The van der Waals surface area contributed by atoms with Gasteiger partial charge in [0.1, 0.15) is 41.0 Å². The second-order valence-electron chi connectivity index (χ2n) is 19.1. The van der Waals surface area contributed by atoms with Crippen LogP contribution in [-0.4, -0.2) is 102 Å². The highest BCUT2D eigenvalue weighted by molar-refractivity contribution is 5.99. The summed E-state index contributed by atoms with van der Waals surface area (Å²) in [5.74, 6) is 0.567. The van der Waals surface area contributed by atoms with Crippen LogP contribution < -0.4 is 31.1 Å². The van der Waals surface area contributed by atoms with Gasteiger partial charge in [-0.15, -0.1) is 0 Å². The molecule has 2 atom stereocenters. The van der Waals surface area contributed by atoms with Gasteiger partial charge >= 0.3 is 0 Å². The zero-order chi connectivity index (χ0) is 42.0. The molecule has 7 aliphatic heterocycles. The number of piperidine rings is 4. The molecule has 1 saturated carbocycles. The number of rotatable bonds is 9. The summed E-state index contributed by atoms with van der Waals surface area (Å²) in [6.07, 6.45) is 9.97. The van der Waals surface area contributed by atoms with Gasteiger partial charge in [-0.2, -0.15) is 0 Å². The van der Waals surface area contributed by atoms with E-state index in [1.165, 1.54) is 10.5 Å². The van der Waals surface area contributed by atoms with Gasteiger partial charge in [0, 0.05) is 80.8 Å². The molecular formula is C46H58F3N9O3. The Morgan fingerprint density at radius 1 is 0.934 bits per heavy atom. The number of nitrogens with one attached hydrogen (secondary N) is 4. The number of aliphatic imine (C=N–C) groups is 1. The smallest absolute Gasteiger partial charge is 0.255 e. The van der Waals surface area contributed by atoms with E-state index in [-0.39, 0.29) is 53.2 Å². The van der Waals surface area contributed by atoms with Crippen LogP contribution in [0.25, 0.3) is 0 Å². The maximum absolute atomic E-state index is 16.4. The zero-order valence-corrected chi connectivity index (χ0v) is 35.1. The fourth-order valence-electron chi connectivity index (χ4n) is 10.8. The molecule has 0 bridgehead atoms. The van der Waals surface area contributed by atoms with Crippen LogP contribution in [0.1, 0.15) is 105 Å². The molecule has 1 aliphatic carbocycles. The van der Waals surface area contributed by atoms with E-state index < -0.39 is 29.3 Å². The number of hydrogen-bond acceptors (Lipinski definition) is 10. The Hall–Kier alpha value is -4.76. The Balaban J connectivity index is 0.675. The zero-order valence-electron chi connectivity index (χ0n) is 35.1. The summed E-state index contributed by atoms with van der Waals surface area (Å²) >= 11 is 0. The van der Waals surface area contributed by atoms with Gasteiger partial charge in [0.15, 0.2) is 5.82 Å². The lowest BCUT2D eigenvalue weighted by molar-refractivity contribution is -0.121. The maximum Gasteiger partial charge on any atom is 0.255 e. The van der Waals surface area contributed by atoms with E-state index in [1.807, 2.05) is 6.07 Å². The summed E-state index contributed by atoms with van der Waals surface area (Å²) in [5, 5.41) is 6.17. The summed E-state index contributed by atoms with van der Waals surface area (Å²) in [4.78, 5) is 37.9. The fourth-order valence-corrected chi connectivity index (χ4v) is 10.8. The van der Waals surface area contributed by atoms with E-state index in [9.17, 15) is 9.59 Å². The van der Waals surface area contributed by atoms with Gasteiger partial charge in [-0.25, -0.2) is 23.6 Å². The summed E-state index contributed by atoms with van der Waals surface area (Å²) in [6.45, 7) is 11.8. The third-order valence-corrected chi connectivity index (χ3v) is 14.8.